The SMILES string of the molecule is CN(C)c1ccccc1CC1CCCCC1=O. The Labute approximate surface area is 104 Å². The van der Waals surface area contributed by atoms with Crippen molar-refractivity contribution in [1.29, 1.82) is 0 Å². The van der Waals surface area contributed by atoms with E-state index in [9.17, 15) is 4.79 Å². The van der Waals surface area contributed by atoms with Crippen LogP contribution in [0.2, 0.25) is 0 Å². The lowest BCUT2D eigenvalue weighted by Crippen LogP contribution is -2.22. The van der Waals surface area contributed by atoms with Crippen molar-refractivity contribution in [1.82, 2.24) is 0 Å². The molecule has 1 unspecified atom stereocenters. The number of carbonyl (C=O) groups is 1. The van der Waals surface area contributed by atoms with Crippen molar-refractivity contribution in [3.05, 3.63) is 29.8 Å². The van der Waals surface area contributed by atoms with Gasteiger partial charge in [0.05, 0.1) is 0 Å². The zero-order valence-electron chi connectivity index (χ0n) is 10.8. The average Bonchev–Trinajstić information content (AvgIpc) is 2.32. The van der Waals surface area contributed by atoms with Gasteiger partial charge in [-0.3, -0.25) is 4.79 Å². The molecule has 1 aromatic rings. The van der Waals surface area contributed by atoms with Crippen LogP contribution >= 0.6 is 0 Å². The van der Waals surface area contributed by atoms with E-state index in [1.165, 1.54) is 17.7 Å². The van der Waals surface area contributed by atoms with Gasteiger partial charge < -0.3 is 4.90 Å². The fourth-order valence-corrected chi connectivity index (χ4v) is 2.66. The van der Waals surface area contributed by atoms with E-state index in [2.05, 4.69) is 43.3 Å². The third kappa shape index (κ3) is 2.87. The molecule has 17 heavy (non-hydrogen) atoms. The fraction of sp³-hybridized carbons (Fsp3) is 0.533. The Morgan fingerprint density at radius 3 is 2.71 bits per heavy atom. The minimum atomic E-state index is 0.254. The zero-order chi connectivity index (χ0) is 12.3. The first-order chi connectivity index (χ1) is 8.18. The summed E-state index contributed by atoms with van der Waals surface area (Å²) in [6.07, 6.45) is 5.06. The van der Waals surface area contributed by atoms with E-state index < -0.39 is 0 Å². The number of para-hydroxylation sites is 1. The van der Waals surface area contributed by atoms with Gasteiger partial charge in [-0.25, -0.2) is 0 Å². The van der Waals surface area contributed by atoms with Gasteiger partial charge in [-0.05, 0) is 30.9 Å². The summed E-state index contributed by atoms with van der Waals surface area (Å²) in [7, 11) is 4.11. The molecule has 1 aliphatic carbocycles. The van der Waals surface area contributed by atoms with Gasteiger partial charge in [-0.1, -0.05) is 24.6 Å². The molecular formula is C15H21NO. The van der Waals surface area contributed by atoms with Gasteiger partial charge >= 0.3 is 0 Å². The lowest BCUT2D eigenvalue weighted by Gasteiger charge is -2.23. The third-order valence-corrected chi connectivity index (χ3v) is 3.62. The number of Topliss-reactive ketones (excluding diaryl/α,β-unsaturated/α-hetero) is 1. The maximum absolute atomic E-state index is 11.9. The topological polar surface area (TPSA) is 20.3 Å². The highest BCUT2D eigenvalue weighted by atomic mass is 16.1. The Morgan fingerprint density at radius 2 is 2.00 bits per heavy atom. The van der Waals surface area contributed by atoms with Crippen molar-refractivity contribution in [2.75, 3.05) is 19.0 Å². The lowest BCUT2D eigenvalue weighted by molar-refractivity contribution is -0.124. The largest absolute Gasteiger partial charge is 0.377 e. The summed E-state index contributed by atoms with van der Waals surface area (Å²) in [5.74, 6) is 0.717. The number of carbonyl (C=O) groups excluding carboxylic acids is 1. The fourth-order valence-electron chi connectivity index (χ4n) is 2.66. The summed E-state index contributed by atoms with van der Waals surface area (Å²) < 4.78 is 0. The second-order valence-corrected chi connectivity index (χ2v) is 5.14. The van der Waals surface area contributed by atoms with Crippen molar-refractivity contribution in [3.63, 3.8) is 0 Å². The van der Waals surface area contributed by atoms with Gasteiger partial charge in [-0.15, -0.1) is 0 Å². The van der Waals surface area contributed by atoms with Crippen molar-refractivity contribution >= 4 is 11.5 Å². The first-order valence-electron chi connectivity index (χ1n) is 6.46. The van der Waals surface area contributed by atoms with E-state index in [0.29, 0.717) is 5.78 Å². The molecule has 1 aliphatic rings. The van der Waals surface area contributed by atoms with Crippen LogP contribution < -0.4 is 4.90 Å². The molecule has 1 atom stereocenters. The molecule has 1 saturated carbocycles. The first kappa shape index (κ1) is 12.2. The van der Waals surface area contributed by atoms with E-state index in [-0.39, 0.29) is 5.92 Å². The van der Waals surface area contributed by atoms with Crippen LogP contribution in [0.3, 0.4) is 0 Å². The summed E-state index contributed by atoms with van der Waals surface area (Å²) >= 11 is 0. The normalized spacial score (nSPS) is 20.4. The molecule has 0 amide bonds. The monoisotopic (exact) mass is 231 g/mol. The molecule has 0 N–H and O–H groups in total. The highest BCUT2D eigenvalue weighted by molar-refractivity contribution is 5.82. The average molecular weight is 231 g/mol. The Hall–Kier alpha value is -1.31. The van der Waals surface area contributed by atoms with Gasteiger partial charge in [0.1, 0.15) is 5.78 Å². The molecule has 92 valence electrons. The van der Waals surface area contributed by atoms with E-state index in [4.69, 9.17) is 0 Å². The van der Waals surface area contributed by atoms with Gasteiger partial charge in [0.25, 0.3) is 0 Å². The highest BCUT2D eigenvalue weighted by Gasteiger charge is 2.23. The number of anilines is 1. The molecule has 0 aromatic heterocycles. The van der Waals surface area contributed by atoms with Crippen molar-refractivity contribution in [3.8, 4) is 0 Å². The Kier molecular flexibility index (Phi) is 3.82. The second kappa shape index (κ2) is 5.35. The van der Waals surface area contributed by atoms with Crippen LogP contribution in [0.5, 0.6) is 0 Å². The summed E-state index contributed by atoms with van der Waals surface area (Å²) in [5, 5.41) is 0. The van der Waals surface area contributed by atoms with E-state index in [1.807, 2.05) is 0 Å². The number of hydrogen-bond acceptors (Lipinski definition) is 2. The van der Waals surface area contributed by atoms with Crippen LogP contribution in [0.25, 0.3) is 0 Å². The molecule has 0 heterocycles. The molecule has 0 saturated heterocycles. The smallest absolute Gasteiger partial charge is 0.136 e. The summed E-state index contributed by atoms with van der Waals surface area (Å²) in [6.45, 7) is 0. The standard InChI is InChI=1S/C15H21NO/c1-16(2)14-9-5-3-7-12(14)11-13-8-4-6-10-15(13)17/h3,5,7,9,13H,4,6,8,10-11H2,1-2H3. The van der Waals surface area contributed by atoms with E-state index in [0.717, 1.165) is 25.7 Å². The van der Waals surface area contributed by atoms with Crippen LogP contribution in [0.1, 0.15) is 31.2 Å². The predicted molar refractivity (Wildman–Crippen MR) is 71.4 cm³/mol. The molecule has 0 radical (unpaired) electrons. The molecule has 1 aromatic carbocycles. The van der Waals surface area contributed by atoms with Crippen LogP contribution in [-0.4, -0.2) is 19.9 Å². The number of nitrogens with zero attached hydrogens (tertiary/aromatic N) is 1. The van der Waals surface area contributed by atoms with Crippen LogP contribution in [0.15, 0.2) is 24.3 Å². The lowest BCUT2D eigenvalue weighted by atomic mass is 9.83. The van der Waals surface area contributed by atoms with Crippen molar-refractivity contribution < 1.29 is 4.79 Å². The van der Waals surface area contributed by atoms with Gasteiger partial charge in [0, 0.05) is 32.1 Å². The zero-order valence-corrected chi connectivity index (χ0v) is 10.8. The van der Waals surface area contributed by atoms with Crippen molar-refractivity contribution in [2.24, 2.45) is 5.92 Å². The van der Waals surface area contributed by atoms with Crippen LogP contribution in [0.4, 0.5) is 5.69 Å². The number of rotatable bonds is 3. The molecule has 2 heteroatoms. The summed E-state index contributed by atoms with van der Waals surface area (Å²) in [4.78, 5) is 14.0. The first-order valence-corrected chi connectivity index (χ1v) is 6.46. The molecular weight excluding hydrogens is 210 g/mol. The predicted octanol–water partition coefficient (Wildman–Crippen LogP) is 3.05. The summed E-state index contributed by atoms with van der Waals surface area (Å²) in [5.41, 5.74) is 2.55. The van der Waals surface area contributed by atoms with E-state index >= 15 is 0 Å². The maximum Gasteiger partial charge on any atom is 0.136 e. The minimum Gasteiger partial charge on any atom is -0.377 e. The van der Waals surface area contributed by atoms with Gasteiger partial charge in [0.2, 0.25) is 0 Å². The quantitative estimate of drug-likeness (QED) is 0.797. The maximum atomic E-state index is 11.9. The molecule has 2 rings (SSSR count). The second-order valence-electron chi connectivity index (χ2n) is 5.14. The summed E-state index contributed by atoms with van der Waals surface area (Å²) in [6, 6.07) is 8.40. The Morgan fingerprint density at radius 1 is 1.24 bits per heavy atom. The van der Waals surface area contributed by atoms with Crippen LogP contribution in [-0.2, 0) is 11.2 Å². The third-order valence-electron chi connectivity index (χ3n) is 3.62. The number of benzene rings is 1. The van der Waals surface area contributed by atoms with Gasteiger partial charge in [-0.2, -0.15) is 0 Å². The molecule has 0 aliphatic heterocycles. The molecule has 2 nitrogen and oxygen atoms in total. The number of ketones is 1. The molecule has 1 fully saturated rings. The highest BCUT2D eigenvalue weighted by Crippen LogP contribution is 2.27. The van der Waals surface area contributed by atoms with Crippen molar-refractivity contribution in [2.45, 2.75) is 32.1 Å². The molecule has 0 spiro atoms. The van der Waals surface area contributed by atoms with Gasteiger partial charge in [0.15, 0.2) is 0 Å². The molecule has 0 bridgehead atoms. The Balaban J connectivity index is 2.14. The van der Waals surface area contributed by atoms with Crippen LogP contribution in [0, 0.1) is 5.92 Å². The number of hydrogen-bond donors (Lipinski definition) is 0. The minimum absolute atomic E-state index is 0.254. The Bertz CT molecular complexity index is 398. The van der Waals surface area contributed by atoms with E-state index in [1.54, 1.807) is 0 Å².